The quantitative estimate of drug-likeness (QED) is 0.508. The third kappa shape index (κ3) is 1.26. The molecular weight excluding hydrogens is 128 g/mol. The molecule has 1 aliphatic rings. The molecule has 1 saturated heterocycles. The fourth-order valence-electron chi connectivity index (χ4n) is 0.537. The van der Waals surface area contributed by atoms with Crippen LogP contribution in [-0.4, -0.2) is 24.0 Å². The summed E-state index contributed by atoms with van der Waals surface area (Å²) in [5.74, 6) is 0. The molecule has 2 N–H and O–H groups in total. The van der Waals surface area contributed by atoms with Gasteiger partial charge in [-0.3, -0.25) is 0 Å². The minimum Gasteiger partial charge on any atom is -0.351 e. The van der Waals surface area contributed by atoms with E-state index in [4.69, 9.17) is 5.73 Å². The van der Waals surface area contributed by atoms with Crippen LogP contribution < -0.4 is 5.73 Å². The molecule has 0 bridgehead atoms. The standard InChI is InChI=1S/C4H8N2O.ClH/c5-4(7)6-2-1-3-6;/h1-3H2,(H2,5,7);1H. The number of primary amides is 1. The van der Waals surface area contributed by atoms with Gasteiger partial charge in [0.25, 0.3) is 0 Å². The molecule has 0 aliphatic carbocycles. The van der Waals surface area contributed by atoms with Gasteiger partial charge in [-0.05, 0) is 6.42 Å². The normalized spacial score (nSPS) is 16.2. The second-order valence-electron chi connectivity index (χ2n) is 1.68. The number of carbonyl (C=O) groups is 1. The molecule has 0 unspecified atom stereocenters. The molecule has 8 heavy (non-hydrogen) atoms. The highest BCUT2D eigenvalue weighted by Crippen LogP contribution is 2.02. The second kappa shape index (κ2) is 2.77. The molecule has 3 nitrogen and oxygen atoms in total. The van der Waals surface area contributed by atoms with Gasteiger partial charge in [-0.2, -0.15) is 0 Å². The van der Waals surface area contributed by atoms with Crippen LogP contribution in [0.4, 0.5) is 4.79 Å². The van der Waals surface area contributed by atoms with Crippen molar-refractivity contribution in [1.82, 2.24) is 4.90 Å². The minimum atomic E-state index is -0.286. The fourth-order valence-corrected chi connectivity index (χ4v) is 0.537. The van der Waals surface area contributed by atoms with Crippen molar-refractivity contribution in [3.05, 3.63) is 0 Å². The van der Waals surface area contributed by atoms with Gasteiger partial charge in [0, 0.05) is 13.1 Å². The van der Waals surface area contributed by atoms with Crippen molar-refractivity contribution in [2.45, 2.75) is 6.42 Å². The van der Waals surface area contributed by atoms with Crippen LogP contribution in [0.3, 0.4) is 0 Å². The highest BCUT2D eigenvalue weighted by atomic mass is 35.5. The molecule has 0 atom stereocenters. The van der Waals surface area contributed by atoms with Crippen LogP contribution in [0.15, 0.2) is 0 Å². The molecule has 1 heterocycles. The van der Waals surface area contributed by atoms with E-state index < -0.39 is 0 Å². The monoisotopic (exact) mass is 136 g/mol. The number of urea groups is 1. The van der Waals surface area contributed by atoms with E-state index in [1.165, 1.54) is 0 Å². The summed E-state index contributed by atoms with van der Waals surface area (Å²) >= 11 is 0. The van der Waals surface area contributed by atoms with Gasteiger partial charge in [-0.25, -0.2) is 4.79 Å². The average molecular weight is 137 g/mol. The van der Waals surface area contributed by atoms with Crippen LogP contribution in [0.5, 0.6) is 0 Å². The largest absolute Gasteiger partial charge is 0.351 e. The van der Waals surface area contributed by atoms with Crippen molar-refractivity contribution in [2.75, 3.05) is 13.1 Å². The smallest absolute Gasteiger partial charge is 0.314 e. The first-order chi connectivity index (χ1) is 3.30. The van der Waals surface area contributed by atoms with Crippen LogP contribution in [0.25, 0.3) is 0 Å². The van der Waals surface area contributed by atoms with Crippen LogP contribution in [0.2, 0.25) is 0 Å². The number of halogens is 1. The number of carbonyl (C=O) groups excluding carboxylic acids is 1. The van der Waals surface area contributed by atoms with Gasteiger partial charge in [0.05, 0.1) is 0 Å². The number of nitrogens with two attached hydrogens (primary N) is 1. The maximum atomic E-state index is 10.1. The highest BCUT2D eigenvalue weighted by Gasteiger charge is 2.15. The Morgan fingerprint density at radius 3 is 2.00 bits per heavy atom. The third-order valence-corrected chi connectivity index (χ3v) is 1.17. The molecule has 1 fully saturated rings. The lowest BCUT2D eigenvalue weighted by Crippen LogP contribution is -2.45. The summed E-state index contributed by atoms with van der Waals surface area (Å²) in [6.45, 7) is 1.71. The molecule has 1 rings (SSSR count). The van der Waals surface area contributed by atoms with Crippen molar-refractivity contribution >= 4 is 18.4 Å². The zero-order valence-corrected chi connectivity index (χ0v) is 5.28. The SMILES string of the molecule is Cl.NC(=O)N1CCC1. The van der Waals surface area contributed by atoms with Gasteiger partial charge in [-0.1, -0.05) is 0 Å². The Morgan fingerprint density at radius 1 is 1.50 bits per heavy atom. The summed E-state index contributed by atoms with van der Waals surface area (Å²) in [5.41, 5.74) is 4.88. The van der Waals surface area contributed by atoms with Gasteiger partial charge >= 0.3 is 6.03 Å². The molecule has 0 aromatic heterocycles. The number of hydrogen-bond acceptors (Lipinski definition) is 1. The van der Waals surface area contributed by atoms with Gasteiger partial charge in [-0.15, -0.1) is 12.4 Å². The summed E-state index contributed by atoms with van der Waals surface area (Å²) in [6.07, 6.45) is 1.11. The van der Waals surface area contributed by atoms with Crippen molar-refractivity contribution in [3.8, 4) is 0 Å². The minimum absolute atomic E-state index is 0. The van der Waals surface area contributed by atoms with E-state index >= 15 is 0 Å². The lowest BCUT2D eigenvalue weighted by molar-refractivity contribution is 0.177. The van der Waals surface area contributed by atoms with Crippen LogP contribution >= 0.6 is 12.4 Å². The van der Waals surface area contributed by atoms with Gasteiger partial charge in [0.15, 0.2) is 0 Å². The Kier molecular flexibility index (Phi) is 2.62. The Morgan fingerprint density at radius 2 is 2.00 bits per heavy atom. The van der Waals surface area contributed by atoms with Gasteiger partial charge in [0.1, 0.15) is 0 Å². The fraction of sp³-hybridized carbons (Fsp3) is 0.750. The van der Waals surface area contributed by atoms with Crippen LogP contribution in [0, 0.1) is 0 Å². The molecule has 4 heteroatoms. The molecule has 0 aromatic carbocycles. The van der Waals surface area contributed by atoms with Crippen molar-refractivity contribution in [3.63, 3.8) is 0 Å². The van der Waals surface area contributed by atoms with E-state index in [0.29, 0.717) is 0 Å². The molecule has 0 aromatic rings. The first-order valence-electron chi connectivity index (χ1n) is 2.35. The Hall–Kier alpha value is -0.440. The lowest BCUT2D eigenvalue weighted by atomic mass is 10.2. The predicted molar refractivity (Wildman–Crippen MR) is 33.0 cm³/mol. The zero-order valence-electron chi connectivity index (χ0n) is 4.46. The van der Waals surface area contributed by atoms with E-state index in [2.05, 4.69) is 0 Å². The number of nitrogens with zero attached hydrogens (tertiary/aromatic N) is 1. The highest BCUT2D eigenvalue weighted by molar-refractivity contribution is 5.85. The van der Waals surface area contributed by atoms with E-state index in [1.807, 2.05) is 0 Å². The van der Waals surface area contributed by atoms with E-state index in [0.717, 1.165) is 19.5 Å². The summed E-state index contributed by atoms with van der Waals surface area (Å²) in [4.78, 5) is 11.7. The Bertz CT molecular complexity index is 92.0. The summed E-state index contributed by atoms with van der Waals surface area (Å²) in [7, 11) is 0. The first-order valence-corrected chi connectivity index (χ1v) is 2.35. The predicted octanol–water partition coefficient (Wildman–Crippen LogP) is 0.193. The van der Waals surface area contributed by atoms with Gasteiger partial charge < -0.3 is 10.6 Å². The van der Waals surface area contributed by atoms with Crippen LogP contribution in [-0.2, 0) is 0 Å². The molecule has 0 saturated carbocycles. The van der Waals surface area contributed by atoms with Crippen molar-refractivity contribution in [2.24, 2.45) is 5.73 Å². The number of amides is 2. The van der Waals surface area contributed by atoms with E-state index in [-0.39, 0.29) is 18.4 Å². The van der Waals surface area contributed by atoms with Gasteiger partial charge in [0.2, 0.25) is 0 Å². The molecule has 48 valence electrons. The average Bonchev–Trinajstić information content (AvgIpc) is 1.23. The molecular formula is C4H9ClN2O. The molecule has 2 amide bonds. The number of likely N-dealkylation sites (tertiary alicyclic amines) is 1. The zero-order chi connectivity index (χ0) is 5.28. The van der Waals surface area contributed by atoms with E-state index in [9.17, 15) is 4.79 Å². The van der Waals surface area contributed by atoms with Crippen molar-refractivity contribution in [1.29, 1.82) is 0 Å². The Labute approximate surface area is 54.2 Å². The van der Waals surface area contributed by atoms with Crippen molar-refractivity contribution < 1.29 is 4.79 Å². The molecule has 0 spiro atoms. The summed E-state index contributed by atoms with van der Waals surface area (Å²) in [5, 5.41) is 0. The van der Waals surface area contributed by atoms with Crippen LogP contribution in [0.1, 0.15) is 6.42 Å². The summed E-state index contributed by atoms with van der Waals surface area (Å²) in [6, 6.07) is -0.286. The van der Waals surface area contributed by atoms with E-state index in [1.54, 1.807) is 4.90 Å². The Balaban J connectivity index is 0.000000490. The molecule has 1 aliphatic heterocycles. The number of rotatable bonds is 0. The summed E-state index contributed by atoms with van der Waals surface area (Å²) < 4.78 is 0. The first kappa shape index (κ1) is 7.56. The second-order valence-corrected chi connectivity index (χ2v) is 1.68. The number of hydrogen-bond donors (Lipinski definition) is 1. The third-order valence-electron chi connectivity index (χ3n) is 1.17. The topological polar surface area (TPSA) is 46.3 Å². The maximum Gasteiger partial charge on any atom is 0.314 e. The maximum absolute atomic E-state index is 10.1. The molecule has 0 radical (unpaired) electrons. The lowest BCUT2D eigenvalue weighted by Gasteiger charge is -2.28.